The van der Waals surface area contributed by atoms with Crippen LogP contribution in [0.15, 0.2) is 24.3 Å². The van der Waals surface area contributed by atoms with Crippen molar-refractivity contribution in [2.75, 3.05) is 11.9 Å². The van der Waals surface area contributed by atoms with Crippen LogP contribution in [-0.2, 0) is 0 Å². The number of hydrogen-bond donors (Lipinski definition) is 1. The van der Waals surface area contributed by atoms with Crippen molar-refractivity contribution in [2.24, 2.45) is 0 Å². The van der Waals surface area contributed by atoms with Crippen molar-refractivity contribution >= 4 is 5.82 Å². The molecule has 0 atom stereocenters. The van der Waals surface area contributed by atoms with E-state index in [4.69, 9.17) is 0 Å². The molecule has 21 heavy (non-hydrogen) atoms. The highest BCUT2D eigenvalue weighted by Crippen LogP contribution is 2.30. The Morgan fingerprint density at radius 2 is 1.95 bits per heavy atom. The molecule has 2 rings (SSSR count). The molecular formula is C14H14F3N3O. The Bertz CT molecular complexity index is 635. The molecule has 0 radical (unpaired) electrons. The van der Waals surface area contributed by atoms with Crippen LogP contribution in [0.1, 0.15) is 12.6 Å². The van der Waals surface area contributed by atoms with Crippen molar-refractivity contribution in [1.29, 1.82) is 0 Å². The fourth-order valence-corrected chi connectivity index (χ4v) is 1.81. The summed E-state index contributed by atoms with van der Waals surface area (Å²) in [4.78, 5) is 8.04. The molecule has 112 valence electrons. The summed E-state index contributed by atoms with van der Waals surface area (Å²) < 4.78 is 43.1. The van der Waals surface area contributed by atoms with Crippen molar-refractivity contribution in [1.82, 2.24) is 9.97 Å². The van der Waals surface area contributed by atoms with Crippen molar-refractivity contribution in [2.45, 2.75) is 20.5 Å². The molecule has 0 amide bonds. The Labute approximate surface area is 120 Å². The van der Waals surface area contributed by atoms with Gasteiger partial charge in [-0.25, -0.2) is 14.4 Å². The van der Waals surface area contributed by atoms with Gasteiger partial charge in [0.1, 0.15) is 5.75 Å². The summed E-state index contributed by atoms with van der Waals surface area (Å²) in [7, 11) is 0. The molecule has 0 aliphatic carbocycles. The zero-order valence-corrected chi connectivity index (χ0v) is 11.5. The Morgan fingerprint density at radius 1 is 1.24 bits per heavy atom. The lowest BCUT2D eigenvalue weighted by Gasteiger charge is -2.12. The number of rotatable bonds is 5. The lowest BCUT2D eigenvalue weighted by molar-refractivity contribution is -0.0494. The number of benzene rings is 1. The van der Waals surface area contributed by atoms with Crippen molar-refractivity contribution < 1.29 is 17.9 Å². The number of aromatic nitrogens is 2. The maximum absolute atomic E-state index is 13.9. The third-order valence-electron chi connectivity index (χ3n) is 2.71. The predicted molar refractivity (Wildman–Crippen MR) is 73.0 cm³/mol. The molecule has 2 aromatic rings. The summed E-state index contributed by atoms with van der Waals surface area (Å²) in [5.41, 5.74) is 0.405. The van der Waals surface area contributed by atoms with Gasteiger partial charge in [-0.2, -0.15) is 8.78 Å². The van der Waals surface area contributed by atoms with Crippen LogP contribution in [-0.4, -0.2) is 23.1 Å². The second-order valence-electron chi connectivity index (χ2n) is 4.20. The van der Waals surface area contributed by atoms with Crippen LogP contribution in [0.2, 0.25) is 0 Å². The summed E-state index contributed by atoms with van der Waals surface area (Å²) >= 11 is 0. The second kappa shape index (κ2) is 6.43. The molecule has 0 saturated carbocycles. The summed E-state index contributed by atoms with van der Waals surface area (Å²) in [6.45, 7) is 0.797. The van der Waals surface area contributed by atoms with Gasteiger partial charge >= 0.3 is 6.61 Å². The minimum Gasteiger partial charge on any atom is -0.434 e. The monoisotopic (exact) mass is 297 g/mol. The van der Waals surface area contributed by atoms with E-state index in [0.29, 0.717) is 6.54 Å². The summed E-state index contributed by atoms with van der Waals surface area (Å²) in [6, 6.07) is 6.13. The molecule has 1 aromatic carbocycles. The van der Waals surface area contributed by atoms with Gasteiger partial charge in [0.25, 0.3) is 0 Å². The van der Waals surface area contributed by atoms with Crippen LogP contribution < -0.4 is 10.1 Å². The summed E-state index contributed by atoms with van der Waals surface area (Å²) in [5.74, 6) is -0.457. The Hall–Kier alpha value is -2.31. The van der Waals surface area contributed by atoms with E-state index in [1.54, 1.807) is 25.1 Å². The lowest BCUT2D eigenvalue weighted by atomic mass is 10.2. The predicted octanol–water partition coefficient (Wildman–Crippen LogP) is 3.62. The van der Waals surface area contributed by atoms with Gasteiger partial charge in [0.2, 0.25) is 0 Å². The van der Waals surface area contributed by atoms with Gasteiger partial charge in [-0.3, -0.25) is 0 Å². The molecule has 0 bridgehead atoms. The van der Waals surface area contributed by atoms with Crippen LogP contribution in [0.3, 0.4) is 0 Å². The summed E-state index contributed by atoms with van der Waals surface area (Å²) in [5, 5.41) is 2.77. The SMILES string of the molecule is CCNc1nc(-c2ccccc2OC(F)F)nc(C)c1F. The van der Waals surface area contributed by atoms with Crippen LogP contribution in [0.4, 0.5) is 19.0 Å². The second-order valence-corrected chi connectivity index (χ2v) is 4.20. The third kappa shape index (κ3) is 3.42. The van der Waals surface area contributed by atoms with Gasteiger partial charge in [-0.15, -0.1) is 0 Å². The molecule has 0 spiro atoms. The number of nitrogens with zero attached hydrogens (tertiary/aromatic N) is 2. The normalized spacial score (nSPS) is 10.8. The van der Waals surface area contributed by atoms with E-state index in [1.807, 2.05) is 0 Å². The van der Waals surface area contributed by atoms with Gasteiger partial charge in [-0.05, 0) is 26.0 Å². The zero-order chi connectivity index (χ0) is 15.4. The number of para-hydroxylation sites is 1. The topological polar surface area (TPSA) is 47.0 Å². The Balaban J connectivity index is 2.51. The first-order valence-corrected chi connectivity index (χ1v) is 6.35. The number of alkyl halides is 2. The third-order valence-corrected chi connectivity index (χ3v) is 2.71. The molecule has 1 heterocycles. The van der Waals surface area contributed by atoms with E-state index in [0.717, 1.165) is 0 Å². The van der Waals surface area contributed by atoms with E-state index >= 15 is 0 Å². The average molecular weight is 297 g/mol. The smallest absolute Gasteiger partial charge is 0.387 e. The minimum absolute atomic E-state index is 0.0341. The molecule has 0 saturated heterocycles. The van der Waals surface area contributed by atoms with Gasteiger partial charge in [-0.1, -0.05) is 12.1 Å². The molecule has 7 heteroatoms. The van der Waals surface area contributed by atoms with E-state index in [9.17, 15) is 13.2 Å². The van der Waals surface area contributed by atoms with Crippen molar-refractivity contribution in [3.05, 3.63) is 35.8 Å². The first-order valence-electron chi connectivity index (χ1n) is 6.35. The quantitative estimate of drug-likeness (QED) is 0.915. The van der Waals surface area contributed by atoms with Gasteiger partial charge in [0.15, 0.2) is 17.5 Å². The van der Waals surface area contributed by atoms with Gasteiger partial charge < -0.3 is 10.1 Å². The molecule has 4 nitrogen and oxygen atoms in total. The van der Waals surface area contributed by atoms with Crippen LogP contribution in [0.5, 0.6) is 5.75 Å². The van der Waals surface area contributed by atoms with E-state index < -0.39 is 12.4 Å². The van der Waals surface area contributed by atoms with E-state index in [-0.39, 0.29) is 28.6 Å². The maximum atomic E-state index is 13.9. The standard InChI is InChI=1S/C14H14F3N3O/c1-3-18-13-11(15)8(2)19-12(20-13)9-6-4-5-7-10(9)21-14(16)17/h4-7,14H,3H2,1-2H3,(H,18,19,20). The molecular weight excluding hydrogens is 283 g/mol. The van der Waals surface area contributed by atoms with Crippen LogP contribution in [0, 0.1) is 12.7 Å². The van der Waals surface area contributed by atoms with Crippen molar-refractivity contribution in [3.8, 4) is 17.1 Å². The first kappa shape index (κ1) is 15.1. The zero-order valence-electron chi connectivity index (χ0n) is 11.5. The highest BCUT2D eigenvalue weighted by molar-refractivity contribution is 5.65. The number of aryl methyl sites for hydroxylation is 1. The lowest BCUT2D eigenvalue weighted by Crippen LogP contribution is -2.08. The van der Waals surface area contributed by atoms with E-state index in [2.05, 4.69) is 20.0 Å². The fourth-order valence-electron chi connectivity index (χ4n) is 1.81. The molecule has 1 aromatic heterocycles. The van der Waals surface area contributed by atoms with E-state index in [1.165, 1.54) is 13.0 Å². The number of ether oxygens (including phenoxy) is 1. The number of hydrogen-bond acceptors (Lipinski definition) is 4. The number of nitrogens with one attached hydrogen (secondary N) is 1. The maximum Gasteiger partial charge on any atom is 0.387 e. The number of anilines is 1. The molecule has 0 fully saturated rings. The van der Waals surface area contributed by atoms with Crippen LogP contribution >= 0.6 is 0 Å². The molecule has 1 N–H and O–H groups in total. The summed E-state index contributed by atoms with van der Waals surface area (Å²) in [6.07, 6.45) is 0. The molecule has 0 aliphatic rings. The van der Waals surface area contributed by atoms with Crippen LogP contribution in [0.25, 0.3) is 11.4 Å². The molecule has 0 aliphatic heterocycles. The minimum atomic E-state index is -2.96. The van der Waals surface area contributed by atoms with Gasteiger partial charge in [0, 0.05) is 6.54 Å². The highest BCUT2D eigenvalue weighted by atomic mass is 19.3. The fraction of sp³-hybridized carbons (Fsp3) is 0.286. The number of halogens is 3. The highest BCUT2D eigenvalue weighted by Gasteiger charge is 2.16. The Morgan fingerprint density at radius 3 is 2.62 bits per heavy atom. The van der Waals surface area contributed by atoms with Crippen molar-refractivity contribution in [3.63, 3.8) is 0 Å². The molecule has 0 unspecified atom stereocenters. The Kier molecular flexibility index (Phi) is 4.62. The first-order chi connectivity index (χ1) is 10.0. The largest absolute Gasteiger partial charge is 0.434 e. The average Bonchev–Trinajstić information content (AvgIpc) is 2.44. The van der Waals surface area contributed by atoms with Gasteiger partial charge in [0.05, 0.1) is 11.3 Å².